The van der Waals surface area contributed by atoms with Crippen LogP contribution in [0.4, 0.5) is 0 Å². The van der Waals surface area contributed by atoms with Crippen molar-refractivity contribution in [2.24, 2.45) is 11.7 Å². The van der Waals surface area contributed by atoms with E-state index in [0.29, 0.717) is 22.9 Å². The quantitative estimate of drug-likeness (QED) is 0.694. The zero-order chi connectivity index (χ0) is 18.6. The molecule has 6 nitrogen and oxygen atoms in total. The molecule has 2 rings (SSSR count). The van der Waals surface area contributed by atoms with Crippen molar-refractivity contribution in [3.8, 4) is 0 Å². The van der Waals surface area contributed by atoms with Crippen LogP contribution in [0.1, 0.15) is 18.9 Å². The van der Waals surface area contributed by atoms with E-state index in [0.717, 1.165) is 5.56 Å². The smallest absolute Gasteiger partial charge is 0.243 e. The van der Waals surface area contributed by atoms with E-state index in [1.807, 2.05) is 13.0 Å². The molecule has 0 radical (unpaired) electrons. The lowest BCUT2D eigenvalue weighted by atomic mass is 10.0. The molecule has 2 unspecified atom stereocenters. The van der Waals surface area contributed by atoms with Gasteiger partial charge in [0.1, 0.15) is 0 Å². The molecule has 0 bridgehead atoms. The number of nitrogens with one attached hydrogen (secondary N) is 1. The van der Waals surface area contributed by atoms with E-state index < -0.39 is 17.7 Å². The summed E-state index contributed by atoms with van der Waals surface area (Å²) in [6.45, 7) is 2.32. The Morgan fingerprint density at radius 2 is 2.08 bits per heavy atom. The van der Waals surface area contributed by atoms with Crippen LogP contribution in [0.3, 0.4) is 0 Å². The molecule has 1 aromatic rings. The van der Waals surface area contributed by atoms with Gasteiger partial charge in [0, 0.05) is 19.1 Å². The maximum atomic E-state index is 12.3. The number of hydrogen-bond acceptors (Lipinski definition) is 4. The predicted molar refractivity (Wildman–Crippen MR) is 96.5 cm³/mol. The lowest BCUT2D eigenvalue weighted by Gasteiger charge is -2.17. The highest BCUT2D eigenvalue weighted by Crippen LogP contribution is 2.23. The zero-order valence-corrected chi connectivity index (χ0v) is 15.4. The molecule has 0 aromatic heterocycles. The number of nitrogens with two attached hydrogens (primary N) is 1. The van der Waals surface area contributed by atoms with Crippen LogP contribution in [0.2, 0.25) is 10.0 Å². The maximum Gasteiger partial charge on any atom is 0.243 e. The SMILES string of the molecule is CC(CCc1ccc(Cl)c(Cl)c1)NC(=O)C1C(=O)CN(CCN)C1=O. The molecule has 0 saturated carbocycles. The third-order valence-corrected chi connectivity index (χ3v) is 4.87. The second-order valence-electron chi connectivity index (χ2n) is 6.14. The molecule has 1 fully saturated rings. The van der Waals surface area contributed by atoms with Crippen molar-refractivity contribution < 1.29 is 14.4 Å². The second kappa shape index (κ2) is 8.65. The van der Waals surface area contributed by atoms with Crippen LogP contribution in [0.5, 0.6) is 0 Å². The Labute approximate surface area is 156 Å². The average Bonchev–Trinajstić information content (AvgIpc) is 2.83. The minimum atomic E-state index is -1.25. The Bertz CT molecular complexity index is 681. The molecule has 1 saturated heterocycles. The number of carbonyl (C=O) groups excluding carboxylic acids is 3. The number of carbonyl (C=O) groups is 3. The number of ketones is 1. The van der Waals surface area contributed by atoms with Gasteiger partial charge in [0.25, 0.3) is 0 Å². The van der Waals surface area contributed by atoms with Crippen LogP contribution < -0.4 is 11.1 Å². The summed E-state index contributed by atoms with van der Waals surface area (Å²) in [5.74, 6) is -2.65. The van der Waals surface area contributed by atoms with Crippen LogP contribution in [0.25, 0.3) is 0 Å². The normalized spacial score (nSPS) is 18.6. The largest absolute Gasteiger partial charge is 0.353 e. The van der Waals surface area contributed by atoms with E-state index in [2.05, 4.69) is 5.32 Å². The number of Topliss-reactive ketones (excluding diaryl/α,β-unsaturated/α-hetero) is 1. The second-order valence-corrected chi connectivity index (χ2v) is 6.96. The molecular formula is C17H21Cl2N3O3. The lowest BCUT2D eigenvalue weighted by Crippen LogP contribution is -2.43. The fourth-order valence-electron chi connectivity index (χ4n) is 2.76. The number of rotatable bonds is 7. The van der Waals surface area contributed by atoms with Gasteiger partial charge in [-0.2, -0.15) is 0 Å². The predicted octanol–water partition coefficient (Wildman–Crippen LogP) is 1.42. The summed E-state index contributed by atoms with van der Waals surface area (Å²) in [6.07, 6.45) is 1.33. The van der Waals surface area contributed by atoms with Gasteiger partial charge in [-0.05, 0) is 37.5 Å². The van der Waals surface area contributed by atoms with Gasteiger partial charge in [0.05, 0.1) is 16.6 Å². The summed E-state index contributed by atoms with van der Waals surface area (Å²) in [5.41, 5.74) is 6.41. The molecule has 1 heterocycles. The first-order valence-corrected chi connectivity index (χ1v) is 8.85. The summed E-state index contributed by atoms with van der Waals surface area (Å²) in [6, 6.07) is 5.20. The first-order valence-electron chi connectivity index (χ1n) is 8.09. The molecule has 1 aliphatic rings. The molecule has 0 aliphatic carbocycles. The number of nitrogens with zero attached hydrogens (tertiary/aromatic N) is 1. The maximum absolute atomic E-state index is 12.3. The van der Waals surface area contributed by atoms with Gasteiger partial charge >= 0.3 is 0 Å². The van der Waals surface area contributed by atoms with Crippen molar-refractivity contribution >= 4 is 40.8 Å². The van der Waals surface area contributed by atoms with Crippen molar-refractivity contribution in [2.75, 3.05) is 19.6 Å². The van der Waals surface area contributed by atoms with Crippen molar-refractivity contribution in [2.45, 2.75) is 25.8 Å². The van der Waals surface area contributed by atoms with Crippen molar-refractivity contribution in [3.05, 3.63) is 33.8 Å². The topological polar surface area (TPSA) is 92.5 Å². The van der Waals surface area contributed by atoms with Crippen LogP contribution in [-0.2, 0) is 20.8 Å². The Kier molecular flexibility index (Phi) is 6.81. The molecule has 2 atom stereocenters. The van der Waals surface area contributed by atoms with Crippen LogP contribution in [-0.4, -0.2) is 48.2 Å². The molecule has 3 N–H and O–H groups in total. The van der Waals surface area contributed by atoms with Gasteiger partial charge in [0.2, 0.25) is 11.8 Å². The molecular weight excluding hydrogens is 365 g/mol. The number of hydrogen-bond donors (Lipinski definition) is 2. The van der Waals surface area contributed by atoms with E-state index in [1.165, 1.54) is 4.90 Å². The van der Waals surface area contributed by atoms with E-state index in [9.17, 15) is 14.4 Å². The highest BCUT2D eigenvalue weighted by molar-refractivity contribution is 6.42. The summed E-state index contributed by atoms with van der Waals surface area (Å²) >= 11 is 11.9. The molecule has 25 heavy (non-hydrogen) atoms. The van der Waals surface area contributed by atoms with Gasteiger partial charge in [-0.25, -0.2) is 0 Å². The molecule has 2 amide bonds. The van der Waals surface area contributed by atoms with Crippen molar-refractivity contribution in [1.82, 2.24) is 10.2 Å². The number of aryl methyl sites for hydroxylation is 1. The van der Waals surface area contributed by atoms with Gasteiger partial charge < -0.3 is 16.0 Å². The number of likely N-dealkylation sites (tertiary alicyclic amines) is 1. The summed E-state index contributed by atoms with van der Waals surface area (Å²) < 4.78 is 0. The lowest BCUT2D eigenvalue weighted by molar-refractivity contribution is -0.140. The number of halogens is 2. The van der Waals surface area contributed by atoms with Crippen LogP contribution in [0.15, 0.2) is 18.2 Å². The minimum Gasteiger partial charge on any atom is -0.353 e. The third-order valence-electron chi connectivity index (χ3n) is 4.13. The van der Waals surface area contributed by atoms with E-state index in [1.54, 1.807) is 12.1 Å². The highest BCUT2D eigenvalue weighted by atomic mass is 35.5. The molecule has 8 heteroatoms. The Hall–Kier alpha value is -1.63. The van der Waals surface area contributed by atoms with Gasteiger partial charge in [-0.3, -0.25) is 14.4 Å². The monoisotopic (exact) mass is 385 g/mol. The third kappa shape index (κ3) is 4.93. The molecule has 0 spiro atoms. The van der Waals surface area contributed by atoms with Crippen molar-refractivity contribution in [3.63, 3.8) is 0 Å². The van der Waals surface area contributed by atoms with Gasteiger partial charge in [-0.1, -0.05) is 29.3 Å². The Morgan fingerprint density at radius 3 is 2.72 bits per heavy atom. The van der Waals surface area contributed by atoms with Gasteiger partial charge in [-0.15, -0.1) is 0 Å². The molecule has 1 aromatic carbocycles. The number of benzene rings is 1. The van der Waals surface area contributed by atoms with Crippen molar-refractivity contribution in [1.29, 1.82) is 0 Å². The fraction of sp³-hybridized carbons (Fsp3) is 0.471. The van der Waals surface area contributed by atoms with Crippen LogP contribution >= 0.6 is 23.2 Å². The first kappa shape index (κ1) is 19.7. The molecule has 136 valence electrons. The fourth-order valence-corrected chi connectivity index (χ4v) is 3.08. The summed E-state index contributed by atoms with van der Waals surface area (Å²) in [5, 5.41) is 3.72. The summed E-state index contributed by atoms with van der Waals surface area (Å²) in [7, 11) is 0. The van der Waals surface area contributed by atoms with Crippen LogP contribution in [0, 0.1) is 5.92 Å². The van der Waals surface area contributed by atoms with E-state index >= 15 is 0 Å². The molecule has 1 aliphatic heterocycles. The van der Waals surface area contributed by atoms with Gasteiger partial charge in [0.15, 0.2) is 11.7 Å². The minimum absolute atomic E-state index is 0.0498. The Balaban J connectivity index is 1.88. The average molecular weight is 386 g/mol. The van der Waals surface area contributed by atoms with E-state index in [4.69, 9.17) is 28.9 Å². The first-order chi connectivity index (χ1) is 11.8. The standard InChI is InChI=1S/C17H21Cl2N3O3/c1-10(2-3-11-4-5-12(18)13(19)8-11)21-16(24)15-14(23)9-22(7-6-20)17(15)25/h4-5,8,10,15H,2-3,6-7,9,20H2,1H3,(H,21,24). The highest BCUT2D eigenvalue weighted by Gasteiger charge is 2.43. The summed E-state index contributed by atoms with van der Waals surface area (Å²) in [4.78, 5) is 37.7. The number of amides is 2. The Morgan fingerprint density at radius 1 is 1.36 bits per heavy atom. The van der Waals surface area contributed by atoms with E-state index in [-0.39, 0.29) is 31.5 Å². The zero-order valence-electron chi connectivity index (χ0n) is 13.9.